The van der Waals surface area contributed by atoms with Gasteiger partial charge in [0.05, 0.1) is 24.2 Å². The maximum Gasteiger partial charge on any atom is 0.233 e. The topological polar surface area (TPSA) is 48.0 Å². The molecule has 0 aromatic heterocycles. The van der Waals surface area contributed by atoms with Crippen LogP contribution in [0.2, 0.25) is 52.9 Å². The van der Waals surface area contributed by atoms with Gasteiger partial charge in [-0.05, 0) is 71.3 Å². The number of carbonyl (C=O) groups excluding carboxylic acids is 1. The minimum Gasteiger partial charge on any atom is -0.413 e. The van der Waals surface area contributed by atoms with Gasteiger partial charge >= 0.3 is 0 Å². The van der Waals surface area contributed by atoms with Gasteiger partial charge in [0.1, 0.15) is 4.32 Å². The standard InChI is InChI=1S/C43H81NO4S2Si3/c1-19-38(46-53(30(5)6,31(7)8)32(9)10)33(11)39(47-51(17,18)43(14,15)16)34(12)40(48-52(20-2,21-3)22-4)35(13)41(45)44-37(29-50-42(44)49)28-36-26-24-23-25-27-36/h23-27,30-35,37-40H,19-22,28-29H2,1-18H3/t33-,34+,35-,37+,38+,39-,40+/m0/s1. The highest BCUT2D eigenvalue weighted by Gasteiger charge is 2.51. The van der Waals surface area contributed by atoms with Gasteiger partial charge in [0, 0.05) is 23.7 Å². The Morgan fingerprint density at radius 3 is 1.75 bits per heavy atom. The van der Waals surface area contributed by atoms with Crippen LogP contribution in [0, 0.1) is 17.8 Å². The number of rotatable bonds is 21. The lowest BCUT2D eigenvalue weighted by molar-refractivity contribution is -0.138. The second-order valence-electron chi connectivity index (χ2n) is 18.7. The second kappa shape index (κ2) is 20.4. The Bertz CT molecular complexity index is 1250. The lowest BCUT2D eigenvalue weighted by Crippen LogP contribution is -2.57. The summed E-state index contributed by atoms with van der Waals surface area (Å²) in [4.78, 5) is 17.0. The van der Waals surface area contributed by atoms with Crippen molar-refractivity contribution in [2.45, 2.75) is 201 Å². The number of hydrogen-bond acceptors (Lipinski definition) is 6. The van der Waals surface area contributed by atoms with Crippen LogP contribution in [0.4, 0.5) is 0 Å². The van der Waals surface area contributed by atoms with Crippen molar-refractivity contribution in [1.82, 2.24) is 4.90 Å². The minimum atomic E-state index is -2.27. The van der Waals surface area contributed by atoms with Crippen molar-refractivity contribution in [2.75, 3.05) is 5.75 Å². The van der Waals surface area contributed by atoms with E-state index in [0.29, 0.717) is 20.9 Å². The summed E-state index contributed by atoms with van der Waals surface area (Å²) in [6.45, 7) is 42.0. The summed E-state index contributed by atoms with van der Waals surface area (Å²) < 4.78 is 23.5. The SMILES string of the molecule is CC[C@@H](O[Si](C(C)C)(C(C)C)C(C)C)[C@H](C)[C@H](O[Si](C)(C)C(C)(C)C)[C@@H](C)[C@@H](O[Si](CC)(CC)CC)[C@H](C)C(=O)N1C(=S)SC[C@H]1Cc1ccccc1. The van der Waals surface area contributed by atoms with Gasteiger partial charge in [0.25, 0.3) is 0 Å². The van der Waals surface area contributed by atoms with Crippen molar-refractivity contribution in [3.05, 3.63) is 35.9 Å². The molecule has 5 nitrogen and oxygen atoms in total. The number of carbonyl (C=O) groups is 1. The molecule has 0 bridgehead atoms. The van der Waals surface area contributed by atoms with Gasteiger partial charge in [0.15, 0.2) is 16.6 Å². The zero-order valence-electron chi connectivity index (χ0n) is 37.3. The van der Waals surface area contributed by atoms with Crippen LogP contribution in [-0.4, -0.2) is 70.2 Å². The number of thiocarbonyl (C=S) groups is 1. The first-order chi connectivity index (χ1) is 24.5. The molecule has 0 aliphatic carbocycles. The van der Waals surface area contributed by atoms with Gasteiger partial charge in [0.2, 0.25) is 14.2 Å². The van der Waals surface area contributed by atoms with E-state index in [9.17, 15) is 0 Å². The zero-order chi connectivity index (χ0) is 40.7. The quantitative estimate of drug-likeness (QED) is 0.0909. The van der Waals surface area contributed by atoms with Crippen molar-refractivity contribution < 1.29 is 18.1 Å². The Morgan fingerprint density at radius 1 is 0.811 bits per heavy atom. The molecule has 0 unspecified atom stereocenters. The highest BCUT2D eigenvalue weighted by atomic mass is 32.2. The van der Waals surface area contributed by atoms with Crippen molar-refractivity contribution >= 4 is 59.2 Å². The first kappa shape index (κ1) is 48.8. The van der Waals surface area contributed by atoms with E-state index in [4.69, 9.17) is 25.5 Å². The van der Waals surface area contributed by atoms with Gasteiger partial charge in [-0.25, -0.2) is 0 Å². The van der Waals surface area contributed by atoms with Crippen molar-refractivity contribution in [2.24, 2.45) is 17.8 Å². The monoisotopic (exact) mass is 823 g/mol. The number of hydrogen-bond donors (Lipinski definition) is 0. The van der Waals surface area contributed by atoms with Gasteiger partial charge < -0.3 is 13.3 Å². The average Bonchev–Trinajstić information content (AvgIpc) is 3.45. The van der Waals surface area contributed by atoms with Crippen molar-refractivity contribution in [3.8, 4) is 0 Å². The summed E-state index contributed by atoms with van der Waals surface area (Å²) in [5.41, 5.74) is 2.71. The maximum atomic E-state index is 15.0. The molecule has 1 aromatic carbocycles. The Balaban J connectivity index is 2.75. The van der Waals surface area contributed by atoms with Crippen LogP contribution in [0.1, 0.15) is 123 Å². The summed E-state index contributed by atoms with van der Waals surface area (Å²) in [5.74, 6) is 0.594. The second-order valence-corrected chi connectivity index (χ2v) is 35.2. The summed E-state index contributed by atoms with van der Waals surface area (Å²) >= 11 is 7.57. The van der Waals surface area contributed by atoms with Crippen LogP contribution in [0.3, 0.4) is 0 Å². The van der Waals surface area contributed by atoms with Gasteiger partial charge in [-0.15, -0.1) is 0 Å². The third kappa shape index (κ3) is 11.4. The van der Waals surface area contributed by atoms with Crippen molar-refractivity contribution in [3.63, 3.8) is 0 Å². The summed E-state index contributed by atoms with van der Waals surface area (Å²) in [7, 11) is -6.61. The molecule has 1 fully saturated rings. The maximum absolute atomic E-state index is 15.0. The molecule has 1 aliphatic heterocycles. The molecular weight excluding hydrogens is 743 g/mol. The Labute approximate surface area is 340 Å². The molecule has 7 atom stereocenters. The fraction of sp³-hybridized carbons (Fsp3) is 0.814. The Kier molecular flexibility index (Phi) is 18.8. The molecule has 1 heterocycles. The van der Waals surface area contributed by atoms with Gasteiger partial charge in [-0.3, -0.25) is 9.69 Å². The number of amides is 1. The summed E-state index contributed by atoms with van der Waals surface area (Å²) in [5, 5.41) is 0.0236. The highest BCUT2D eigenvalue weighted by molar-refractivity contribution is 8.23. The molecule has 10 heteroatoms. The van der Waals surface area contributed by atoms with Gasteiger partial charge in [-0.1, -0.05) is 165 Å². The van der Waals surface area contributed by atoms with E-state index in [0.717, 1.165) is 36.7 Å². The molecule has 1 amide bonds. The minimum absolute atomic E-state index is 0.0236. The fourth-order valence-electron chi connectivity index (χ4n) is 8.92. The molecule has 0 N–H and O–H groups in total. The van der Waals surface area contributed by atoms with Crippen LogP contribution in [0.25, 0.3) is 0 Å². The molecule has 53 heavy (non-hydrogen) atoms. The normalized spacial score (nSPS) is 19.9. The average molecular weight is 825 g/mol. The van der Waals surface area contributed by atoms with E-state index in [-0.39, 0.29) is 53.1 Å². The fourth-order valence-corrected chi connectivity index (χ4v) is 20.5. The molecule has 1 aromatic rings. The van der Waals surface area contributed by atoms with E-state index in [1.807, 2.05) is 11.0 Å². The molecule has 0 spiro atoms. The Morgan fingerprint density at radius 2 is 1.32 bits per heavy atom. The molecular formula is C43H81NO4S2Si3. The van der Waals surface area contributed by atoms with E-state index in [1.165, 1.54) is 5.56 Å². The lowest BCUT2D eigenvalue weighted by atomic mass is 9.81. The first-order valence-corrected chi connectivity index (χ1v) is 30.0. The van der Waals surface area contributed by atoms with Gasteiger partial charge in [-0.2, -0.15) is 0 Å². The van der Waals surface area contributed by atoms with Crippen LogP contribution < -0.4 is 0 Å². The third-order valence-electron chi connectivity index (χ3n) is 13.6. The van der Waals surface area contributed by atoms with E-state index < -0.39 is 25.0 Å². The van der Waals surface area contributed by atoms with E-state index in [1.54, 1.807) is 11.8 Å². The van der Waals surface area contributed by atoms with E-state index in [2.05, 4.69) is 148 Å². The molecule has 1 saturated heterocycles. The highest BCUT2D eigenvalue weighted by Crippen LogP contribution is 2.47. The van der Waals surface area contributed by atoms with Crippen molar-refractivity contribution in [1.29, 1.82) is 0 Å². The number of benzene rings is 1. The largest absolute Gasteiger partial charge is 0.413 e. The predicted octanol–water partition coefficient (Wildman–Crippen LogP) is 13.1. The summed E-state index contributed by atoms with van der Waals surface area (Å²) in [6.07, 6.45) is 1.31. The van der Waals surface area contributed by atoms with E-state index >= 15 is 4.79 Å². The van der Waals surface area contributed by atoms with Crippen LogP contribution in [-0.2, 0) is 24.5 Å². The molecule has 0 saturated carbocycles. The smallest absolute Gasteiger partial charge is 0.233 e. The molecule has 306 valence electrons. The molecule has 2 rings (SSSR count). The third-order valence-corrected chi connectivity index (χ3v) is 30.3. The molecule has 1 aliphatic rings. The van der Waals surface area contributed by atoms with Crippen LogP contribution >= 0.6 is 24.0 Å². The lowest BCUT2D eigenvalue weighted by Gasteiger charge is -2.50. The predicted molar refractivity (Wildman–Crippen MR) is 244 cm³/mol. The Hall–Kier alpha value is -0.339. The van der Waals surface area contributed by atoms with Crippen LogP contribution in [0.15, 0.2) is 30.3 Å². The number of thioether (sulfide) groups is 1. The zero-order valence-corrected chi connectivity index (χ0v) is 41.9. The first-order valence-electron chi connectivity index (χ1n) is 21.1. The number of nitrogens with zero attached hydrogens (tertiary/aromatic N) is 1. The molecule has 0 radical (unpaired) electrons. The summed E-state index contributed by atoms with van der Waals surface area (Å²) in [6, 6.07) is 13.6. The van der Waals surface area contributed by atoms with Crippen LogP contribution in [0.5, 0.6) is 0 Å².